The summed E-state index contributed by atoms with van der Waals surface area (Å²) < 4.78 is 0. The van der Waals surface area contributed by atoms with Gasteiger partial charge in [-0.1, -0.05) is 84.7 Å². The lowest BCUT2D eigenvalue weighted by Gasteiger charge is -2.33. The molecule has 0 aromatic heterocycles. The van der Waals surface area contributed by atoms with Gasteiger partial charge in [0.25, 0.3) is 0 Å². The van der Waals surface area contributed by atoms with Crippen molar-refractivity contribution >= 4 is 70.0 Å². The molecule has 0 heterocycles. The molecular weight excluding hydrogens is 546 g/mol. The number of thioether (sulfide) groups is 1. The Hall–Kier alpha value is -1.11. The van der Waals surface area contributed by atoms with Crippen molar-refractivity contribution < 1.29 is 9.59 Å². The molecule has 1 fully saturated rings. The second kappa shape index (κ2) is 14.0. The van der Waals surface area contributed by atoms with Gasteiger partial charge in [0.05, 0.1) is 25.8 Å². The summed E-state index contributed by atoms with van der Waals surface area (Å²) in [6.45, 7) is 2.21. The molecule has 35 heavy (non-hydrogen) atoms. The van der Waals surface area contributed by atoms with Gasteiger partial charge in [-0.05, 0) is 54.7 Å². The molecule has 1 aliphatic carbocycles. The number of carbonyl (C=O) groups excluding carboxylic acids is 2. The van der Waals surface area contributed by atoms with Crippen molar-refractivity contribution in [2.45, 2.75) is 69.8 Å². The van der Waals surface area contributed by atoms with Gasteiger partial charge in [-0.15, -0.1) is 11.8 Å². The molecule has 9 heteroatoms. The predicted molar refractivity (Wildman–Crippen MR) is 149 cm³/mol. The summed E-state index contributed by atoms with van der Waals surface area (Å²) in [4.78, 5) is 28.4. The molecule has 0 saturated heterocycles. The normalized spacial score (nSPS) is 15.0. The predicted octanol–water partition coefficient (Wildman–Crippen LogP) is 7.79. The number of nitrogens with one attached hydrogen (secondary N) is 1. The summed E-state index contributed by atoms with van der Waals surface area (Å²) in [6.07, 6.45) is 5.95. The zero-order chi connectivity index (χ0) is 25.4. The number of amides is 2. The first-order valence-electron chi connectivity index (χ1n) is 11.8. The van der Waals surface area contributed by atoms with Crippen molar-refractivity contribution in [1.82, 2.24) is 10.2 Å². The van der Waals surface area contributed by atoms with E-state index in [1.165, 1.54) is 18.2 Å². The van der Waals surface area contributed by atoms with E-state index in [0.717, 1.165) is 36.8 Å². The van der Waals surface area contributed by atoms with E-state index in [4.69, 9.17) is 46.4 Å². The number of rotatable bonds is 10. The number of halogens is 4. The van der Waals surface area contributed by atoms with E-state index in [1.807, 2.05) is 19.1 Å². The maximum Gasteiger partial charge on any atom is 0.243 e. The SMILES string of the molecule is CC[C@@H](C(=O)NC1CCCCC1)N(Cc1ccc(Cl)c(Cl)c1)C(=O)CSCc1ccc(Cl)c(Cl)c1. The van der Waals surface area contributed by atoms with Gasteiger partial charge >= 0.3 is 0 Å². The lowest BCUT2D eigenvalue weighted by molar-refractivity contribution is -0.139. The molecule has 2 aromatic rings. The van der Waals surface area contributed by atoms with Crippen LogP contribution in [0.3, 0.4) is 0 Å². The van der Waals surface area contributed by atoms with Gasteiger partial charge < -0.3 is 10.2 Å². The summed E-state index contributed by atoms with van der Waals surface area (Å²) in [6, 6.07) is 10.4. The number of hydrogen-bond donors (Lipinski definition) is 1. The summed E-state index contributed by atoms with van der Waals surface area (Å²) in [7, 11) is 0. The van der Waals surface area contributed by atoms with Crippen LogP contribution in [0.5, 0.6) is 0 Å². The minimum absolute atomic E-state index is 0.0951. The molecule has 0 bridgehead atoms. The first-order chi connectivity index (χ1) is 16.8. The fraction of sp³-hybridized carbons (Fsp3) is 0.462. The van der Waals surface area contributed by atoms with Crippen LogP contribution in [-0.2, 0) is 21.9 Å². The fourth-order valence-electron chi connectivity index (χ4n) is 4.27. The van der Waals surface area contributed by atoms with Crippen LogP contribution in [0, 0.1) is 0 Å². The van der Waals surface area contributed by atoms with Gasteiger partial charge in [0, 0.05) is 18.3 Å². The summed E-state index contributed by atoms with van der Waals surface area (Å²) in [5.41, 5.74) is 1.81. The van der Waals surface area contributed by atoms with E-state index >= 15 is 0 Å². The van der Waals surface area contributed by atoms with Crippen LogP contribution in [0.1, 0.15) is 56.6 Å². The van der Waals surface area contributed by atoms with Gasteiger partial charge in [0.1, 0.15) is 6.04 Å². The second-order valence-electron chi connectivity index (χ2n) is 8.78. The van der Waals surface area contributed by atoms with Crippen LogP contribution in [0.15, 0.2) is 36.4 Å². The van der Waals surface area contributed by atoms with Crippen molar-refractivity contribution in [2.24, 2.45) is 0 Å². The Morgan fingerprint density at radius 1 is 0.943 bits per heavy atom. The van der Waals surface area contributed by atoms with E-state index in [9.17, 15) is 9.59 Å². The van der Waals surface area contributed by atoms with Crippen LogP contribution in [-0.4, -0.2) is 34.6 Å². The zero-order valence-corrected chi connectivity index (χ0v) is 23.5. The van der Waals surface area contributed by atoms with E-state index in [2.05, 4.69) is 5.32 Å². The van der Waals surface area contributed by atoms with Crippen molar-refractivity contribution in [2.75, 3.05) is 5.75 Å². The highest BCUT2D eigenvalue weighted by atomic mass is 35.5. The first kappa shape index (κ1) is 28.5. The Morgan fingerprint density at radius 2 is 1.54 bits per heavy atom. The Balaban J connectivity index is 1.72. The topological polar surface area (TPSA) is 49.4 Å². The largest absolute Gasteiger partial charge is 0.352 e. The average Bonchev–Trinajstić information content (AvgIpc) is 2.84. The first-order valence-corrected chi connectivity index (χ1v) is 14.5. The molecule has 190 valence electrons. The molecule has 0 spiro atoms. The van der Waals surface area contributed by atoms with E-state index in [0.29, 0.717) is 32.3 Å². The van der Waals surface area contributed by atoms with E-state index in [1.54, 1.807) is 29.2 Å². The van der Waals surface area contributed by atoms with Gasteiger partial charge in [-0.2, -0.15) is 0 Å². The third-order valence-corrected chi connectivity index (χ3v) is 8.62. The monoisotopic (exact) mass is 574 g/mol. The van der Waals surface area contributed by atoms with Gasteiger partial charge in [0.2, 0.25) is 11.8 Å². The van der Waals surface area contributed by atoms with Crippen LogP contribution >= 0.6 is 58.2 Å². The van der Waals surface area contributed by atoms with E-state index in [-0.39, 0.29) is 30.2 Å². The summed E-state index contributed by atoms with van der Waals surface area (Å²) >= 11 is 25.9. The van der Waals surface area contributed by atoms with Crippen molar-refractivity contribution in [1.29, 1.82) is 0 Å². The summed E-state index contributed by atoms with van der Waals surface area (Å²) in [5.74, 6) is 0.636. The number of hydrogen-bond acceptors (Lipinski definition) is 3. The molecular formula is C26H30Cl4N2O2S. The Kier molecular flexibility index (Phi) is 11.4. The molecule has 1 N–H and O–H groups in total. The Labute approximate surface area is 232 Å². The maximum atomic E-state index is 13.4. The third kappa shape index (κ3) is 8.46. The smallest absolute Gasteiger partial charge is 0.243 e. The number of carbonyl (C=O) groups is 2. The lowest BCUT2D eigenvalue weighted by atomic mass is 9.95. The van der Waals surface area contributed by atoms with Crippen molar-refractivity contribution in [3.63, 3.8) is 0 Å². The molecule has 2 amide bonds. The number of nitrogens with zero attached hydrogens (tertiary/aromatic N) is 1. The van der Waals surface area contributed by atoms with Crippen LogP contribution < -0.4 is 5.32 Å². The fourth-order valence-corrected chi connectivity index (χ4v) is 5.77. The minimum atomic E-state index is -0.565. The van der Waals surface area contributed by atoms with Gasteiger partial charge in [-0.25, -0.2) is 0 Å². The minimum Gasteiger partial charge on any atom is -0.352 e. The van der Waals surface area contributed by atoms with Crippen LogP contribution in [0.25, 0.3) is 0 Å². The molecule has 4 nitrogen and oxygen atoms in total. The van der Waals surface area contributed by atoms with Gasteiger partial charge in [-0.3, -0.25) is 9.59 Å². The van der Waals surface area contributed by atoms with Crippen LogP contribution in [0.2, 0.25) is 20.1 Å². The molecule has 0 unspecified atom stereocenters. The Bertz CT molecular complexity index is 1030. The molecule has 3 rings (SSSR count). The molecule has 0 radical (unpaired) electrons. The zero-order valence-electron chi connectivity index (χ0n) is 19.7. The molecule has 1 saturated carbocycles. The second-order valence-corrected chi connectivity index (χ2v) is 11.4. The standard InChI is InChI=1S/C26H30Cl4N2O2S/c1-2-24(26(34)31-19-6-4-3-5-7-19)32(14-17-8-10-20(27)22(29)12-17)25(33)16-35-15-18-9-11-21(28)23(30)13-18/h8-13,19,24H,2-7,14-16H2,1H3,(H,31,34)/t24-/m0/s1. The quantitative estimate of drug-likeness (QED) is 0.314. The van der Waals surface area contributed by atoms with E-state index < -0.39 is 6.04 Å². The highest BCUT2D eigenvalue weighted by Crippen LogP contribution is 2.27. The maximum absolute atomic E-state index is 13.4. The molecule has 1 atom stereocenters. The van der Waals surface area contributed by atoms with Crippen molar-refractivity contribution in [3.8, 4) is 0 Å². The van der Waals surface area contributed by atoms with Gasteiger partial charge in [0.15, 0.2) is 0 Å². The molecule has 0 aliphatic heterocycles. The molecule has 1 aliphatic rings. The van der Waals surface area contributed by atoms with Crippen LogP contribution in [0.4, 0.5) is 0 Å². The highest BCUT2D eigenvalue weighted by molar-refractivity contribution is 7.99. The average molecular weight is 576 g/mol. The third-order valence-electron chi connectivity index (χ3n) is 6.15. The lowest BCUT2D eigenvalue weighted by Crippen LogP contribution is -2.52. The Morgan fingerprint density at radius 3 is 2.14 bits per heavy atom. The summed E-state index contributed by atoms with van der Waals surface area (Å²) in [5, 5.41) is 5.05. The highest BCUT2D eigenvalue weighted by Gasteiger charge is 2.30. The van der Waals surface area contributed by atoms with Crippen molar-refractivity contribution in [3.05, 3.63) is 67.6 Å². The number of benzene rings is 2. The molecule has 2 aromatic carbocycles.